The molecule has 1 aliphatic carbocycles. The summed E-state index contributed by atoms with van der Waals surface area (Å²) in [5.41, 5.74) is 0.357. The summed E-state index contributed by atoms with van der Waals surface area (Å²) in [6.07, 6.45) is 2.20. The molecule has 0 bridgehead atoms. The Hall–Kier alpha value is -0.570. The maximum atomic E-state index is 10.4. The minimum absolute atomic E-state index is 0.357. The first kappa shape index (κ1) is 7.10. The lowest BCUT2D eigenvalue weighted by atomic mass is 10.1. The maximum Gasteiger partial charge on any atom is 0.209 e. The molecular weight excluding hydrogens is 142 g/mol. The Balaban J connectivity index is 1.95. The second-order valence-corrected chi connectivity index (χ2v) is 3.73. The Morgan fingerprint density at radius 3 is 3.18 bits per heavy atom. The van der Waals surface area contributed by atoms with Gasteiger partial charge in [-0.25, -0.2) is 0 Å². The molecule has 1 amide bonds. The van der Waals surface area contributed by atoms with Crippen LogP contribution in [0.1, 0.15) is 6.42 Å². The highest BCUT2D eigenvalue weighted by atomic mass is 16.5. The highest BCUT2D eigenvalue weighted by molar-refractivity contribution is 5.49. The van der Waals surface area contributed by atoms with E-state index in [0.29, 0.717) is 5.41 Å². The van der Waals surface area contributed by atoms with Crippen molar-refractivity contribution >= 4 is 6.41 Å². The Morgan fingerprint density at radius 2 is 2.64 bits per heavy atom. The molecule has 2 atom stereocenters. The van der Waals surface area contributed by atoms with Gasteiger partial charge >= 0.3 is 0 Å². The number of hydrogen-bond donors (Lipinski definition) is 0. The molecule has 0 aromatic heterocycles. The van der Waals surface area contributed by atoms with Gasteiger partial charge in [0.2, 0.25) is 6.41 Å². The van der Waals surface area contributed by atoms with Crippen LogP contribution in [0.5, 0.6) is 0 Å². The second kappa shape index (κ2) is 2.21. The summed E-state index contributed by atoms with van der Waals surface area (Å²) in [5, 5.41) is 0. The number of nitrogens with zero attached hydrogens (tertiary/aromatic N) is 1. The van der Waals surface area contributed by atoms with Crippen LogP contribution in [-0.4, -0.2) is 38.1 Å². The van der Waals surface area contributed by atoms with Crippen LogP contribution in [0.15, 0.2) is 0 Å². The van der Waals surface area contributed by atoms with Crippen LogP contribution >= 0.6 is 0 Å². The highest BCUT2D eigenvalue weighted by Crippen LogP contribution is 2.57. The van der Waals surface area contributed by atoms with Crippen molar-refractivity contribution < 1.29 is 9.53 Å². The minimum Gasteiger partial charge on any atom is -0.384 e. The van der Waals surface area contributed by atoms with Crippen LogP contribution in [0.3, 0.4) is 0 Å². The molecular formula is C8H13NO2. The number of piperidine rings is 1. The van der Waals surface area contributed by atoms with E-state index in [0.717, 1.165) is 32.0 Å². The first-order valence-corrected chi connectivity index (χ1v) is 3.99. The normalized spacial score (nSPS) is 40.5. The molecule has 11 heavy (non-hydrogen) atoms. The lowest BCUT2D eigenvalue weighted by molar-refractivity contribution is -0.118. The van der Waals surface area contributed by atoms with Crippen molar-refractivity contribution in [3.63, 3.8) is 0 Å². The van der Waals surface area contributed by atoms with E-state index in [9.17, 15) is 4.79 Å². The van der Waals surface area contributed by atoms with Gasteiger partial charge < -0.3 is 9.64 Å². The standard InChI is InChI=1S/C8H13NO2/c1-11-5-8-2-7(8)3-9(4-8)6-10/h6-7H,2-5H2,1H3. The van der Waals surface area contributed by atoms with Crippen LogP contribution in [-0.2, 0) is 9.53 Å². The van der Waals surface area contributed by atoms with E-state index in [4.69, 9.17) is 4.74 Å². The first-order chi connectivity index (χ1) is 5.30. The number of fused-ring (bicyclic) bond motifs is 1. The fraction of sp³-hybridized carbons (Fsp3) is 0.875. The Morgan fingerprint density at radius 1 is 1.82 bits per heavy atom. The third kappa shape index (κ3) is 0.948. The van der Waals surface area contributed by atoms with E-state index in [-0.39, 0.29) is 0 Å². The number of hydrogen-bond acceptors (Lipinski definition) is 2. The molecule has 3 nitrogen and oxygen atoms in total. The van der Waals surface area contributed by atoms with Crippen LogP contribution in [0.2, 0.25) is 0 Å². The van der Waals surface area contributed by atoms with Crippen LogP contribution in [0.4, 0.5) is 0 Å². The second-order valence-electron chi connectivity index (χ2n) is 3.73. The van der Waals surface area contributed by atoms with Gasteiger partial charge in [-0.15, -0.1) is 0 Å². The molecule has 1 saturated heterocycles. The number of methoxy groups -OCH3 is 1. The molecule has 0 N–H and O–H groups in total. The average molecular weight is 155 g/mol. The van der Waals surface area contributed by atoms with Crippen molar-refractivity contribution in [3.8, 4) is 0 Å². The molecule has 2 aliphatic rings. The molecule has 0 aromatic rings. The van der Waals surface area contributed by atoms with E-state index >= 15 is 0 Å². The first-order valence-electron chi connectivity index (χ1n) is 3.99. The predicted molar refractivity (Wildman–Crippen MR) is 40.1 cm³/mol. The molecule has 0 aromatic carbocycles. The molecule has 0 spiro atoms. The van der Waals surface area contributed by atoms with Gasteiger partial charge in [0.15, 0.2) is 0 Å². The number of carbonyl (C=O) groups excluding carboxylic acids is 1. The molecule has 1 saturated carbocycles. The van der Waals surface area contributed by atoms with E-state index in [1.165, 1.54) is 6.42 Å². The van der Waals surface area contributed by atoms with Crippen LogP contribution in [0, 0.1) is 11.3 Å². The van der Waals surface area contributed by atoms with Gasteiger partial charge in [0, 0.05) is 25.6 Å². The largest absolute Gasteiger partial charge is 0.384 e. The summed E-state index contributed by atoms with van der Waals surface area (Å²) in [6, 6.07) is 0. The molecule has 2 fully saturated rings. The lowest BCUT2D eigenvalue weighted by Gasteiger charge is -2.14. The highest BCUT2D eigenvalue weighted by Gasteiger charge is 2.59. The molecule has 1 heterocycles. The Labute approximate surface area is 66.3 Å². The molecule has 0 radical (unpaired) electrons. The van der Waals surface area contributed by atoms with Crippen molar-refractivity contribution in [2.24, 2.45) is 11.3 Å². The van der Waals surface area contributed by atoms with Crippen molar-refractivity contribution in [3.05, 3.63) is 0 Å². The van der Waals surface area contributed by atoms with Crippen LogP contribution < -0.4 is 0 Å². The van der Waals surface area contributed by atoms with Crippen molar-refractivity contribution in [2.45, 2.75) is 6.42 Å². The lowest BCUT2D eigenvalue weighted by Crippen LogP contribution is -2.25. The monoisotopic (exact) mass is 155 g/mol. The molecule has 2 rings (SSSR count). The molecule has 1 aliphatic heterocycles. The summed E-state index contributed by atoms with van der Waals surface area (Å²) in [7, 11) is 1.73. The zero-order chi connectivity index (χ0) is 7.90. The van der Waals surface area contributed by atoms with Gasteiger partial charge in [0.05, 0.1) is 6.61 Å². The third-order valence-electron chi connectivity index (χ3n) is 2.91. The van der Waals surface area contributed by atoms with E-state index in [1.54, 1.807) is 7.11 Å². The quantitative estimate of drug-likeness (QED) is 0.541. The van der Waals surface area contributed by atoms with Gasteiger partial charge in [0.25, 0.3) is 0 Å². The number of carbonyl (C=O) groups is 1. The van der Waals surface area contributed by atoms with E-state index in [1.807, 2.05) is 4.90 Å². The third-order valence-corrected chi connectivity index (χ3v) is 2.91. The van der Waals surface area contributed by atoms with Crippen molar-refractivity contribution in [2.75, 3.05) is 26.8 Å². The van der Waals surface area contributed by atoms with Gasteiger partial charge in [0.1, 0.15) is 0 Å². The minimum atomic E-state index is 0.357. The number of likely N-dealkylation sites (tertiary alicyclic amines) is 1. The summed E-state index contributed by atoms with van der Waals surface area (Å²) < 4.78 is 5.12. The zero-order valence-electron chi connectivity index (χ0n) is 6.75. The smallest absolute Gasteiger partial charge is 0.209 e. The summed E-state index contributed by atoms with van der Waals surface area (Å²) in [4.78, 5) is 12.3. The van der Waals surface area contributed by atoms with E-state index < -0.39 is 0 Å². The zero-order valence-corrected chi connectivity index (χ0v) is 6.75. The molecule has 62 valence electrons. The number of amides is 1. The van der Waals surface area contributed by atoms with Crippen molar-refractivity contribution in [1.29, 1.82) is 0 Å². The maximum absolute atomic E-state index is 10.4. The van der Waals surface area contributed by atoms with Gasteiger partial charge in [-0.05, 0) is 12.3 Å². The predicted octanol–water partition coefficient (Wildman–Crippen LogP) is 0.111. The molecule has 2 unspecified atom stereocenters. The Kier molecular flexibility index (Phi) is 1.42. The van der Waals surface area contributed by atoms with Crippen LogP contribution in [0.25, 0.3) is 0 Å². The average Bonchev–Trinajstić information content (AvgIpc) is 2.54. The summed E-state index contributed by atoms with van der Waals surface area (Å²) in [5.74, 6) is 0.729. The fourth-order valence-electron chi connectivity index (χ4n) is 2.23. The Bertz CT molecular complexity index is 183. The van der Waals surface area contributed by atoms with Gasteiger partial charge in [-0.2, -0.15) is 0 Å². The van der Waals surface area contributed by atoms with Gasteiger partial charge in [-0.3, -0.25) is 4.79 Å². The van der Waals surface area contributed by atoms with Gasteiger partial charge in [-0.1, -0.05) is 0 Å². The fourth-order valence-corrected chi connectivity index (χ4v) is 2.23. The SMILES string of the molecule is COCC12CC1CN(C=O)C2. The number of rotatable bonds is 3. The van der Waals surface area contributed by atoms with Crippen molar-refractivity contribution in [1.82, 2.24) is 4.90 Å². The summed E-state index contributed by atoms with van der Waals surface area (Å²) >= 11 is 0. The topological polar surface area (TPSA) is 29.5 Å². The number of ether oxygens (including phenoxy) is 1. The van der Waals surface area contributed by atoms with E-state index in [2.05, 4.69) is 0 Å². The molecule has 3 heteroatoms. The summed E-state index contributed by atoms with van der Waals surface area (Å²) in [6.45, 7) is 2.68.